The van der Waals surface area contributed by atoms with Crippen molar-refractivity contribution in [3.63, 3.8) is 0 Å². The third-order valence-electron chi connectivity index (χ3n) is 4.29. The topological polar surface area (TPSA) is 50.4 Å². The highest BCUT2D eigenvalue weighted by molar-refractivity contribution is 5.98. The Kier molecular flexibility index (Phi) is 5.23. The maximum atomic E-state index is 12.5. The molecular formula is C17H26N2O2. The summed E-state index contributed by atoms with van der Waals surface area (Å²) in [6, 6.07) is 7.63. The first-order valence-electron chi connectivity index (χ1n) is 7.93. The number of benzene rings is 1. The van der Waals surface area contributed by atoms with E-state index < -0.39 is 5.54 Å². The molecule has 0 spiro atoms. The number of anilines is 1. The third-order valence-corrected chi connectivity index (χ3v) is 4.29. The molecule has 1 fully saturated rings. The van der Waals surface area contributed by atoms with E-state index in [1.54, 1.807) is 0 Å². The molecule has 1 aromatic carbocycles. The minimum atomic E-state index is -0.409. The summed E-state index contributed by atoms with van der Waals surface area (Å²) in [5, 5.41) is 6.38. The molecule has 0 saturated carbocycles. The number of nitrogens with one attached hydrogen (secondary N) is 2. The Labute approximate surface area is 127 Å². The van der Waals surface area contributed by atoms with E-state index in [2.05, 4.69) is 24.5 Å². The maximum absolute atomic E-state index is 12.5. The number of carbonyl (C=O) groups excluding carboxylic acids is 1. The second kappa shape index (κ2) is 6.94. The van der Waals surface area contributed by atoms with E-state index in [1.165, 1.54) is 0 Å². The molecule has 1 aliphatic rings. The van der Waals surface area contributed by atoms with Crippen molar-refractivity contribution in [1.29, 1.82) is 0 Å². The molecule has 0 bridgehead atoms. The van der Waals surface area contributed by atoms with Gasteiger partial charge in [-0.1, -0.05) is 19.9 Å². The minimum Gasteiger partial charge on any atom is -0.491 e. The zero-order valence-electron chi connectivity index (χ0n) is 13.2. The molecule has 2 N–H and O–H groups in total. The first-order valence-corrected chi connectivity index (χ1v) is 7.93. The Hall–Kier alpha value is -1.55. The number of hydrogen-bond acceptors (Lipinski definition) is 3. The number of amides is 1. The summed E-state index contributed by atoms with van der Waals surface area (Å²) in [5.41, 5.74) is 0.385. The maximum Gasteiger partial charge on any atom is 0.244 e. The van der Waals surface area contributed by atoms with Crippen LogP contribution in [0.5, 0.6) is 5.75 Å². The van der Waals surface area contributed by atoms with E-state index in [9.17, 15) is 4.79 Å². The van der Waals surface area contributed by atoms with Gasteiger partial charge in [0.2, 0.25) is 5.91 Å². The average molecular weight is 290 g/mol. The number of ether oxygens (including phenoxy) is 1. The first kappa shape index (κ1) is 15.8. The molecule has 1 saturated heterocycles. The molecule has 21 heavy (non-hydrogen) atoms. The smallest absolute Gasteiger partial charge is 0.244 e. The molecule has 1 amide bonds. The van der Waals surface area contributed by atoms with Gasteiger partial charge in [-0.05, 0) is 51.3 Å². The molecule has 4 nitrogen and oxygen atoms in total. The van der Waals surface area contributed by atoms with Gasteiger partial charge in [-0.25, -0.2) is 0 Å². The van der Waals surface area contributed by atoms with Gasteiger partial charge in [-0.2, -0.15) is 0 Å². The van der Waals surface area contributed by atoms with Crippen molar-refractivity contribution in [3.05, 3.63) is 24.3 Å². The normalized spacial score (nSPS) is 22.8. The van der Waals surface area contributed by atoms with Gasteiger partial charge in [0.05, 0.1) is 11.6 Å². The van der Waals surface area contributed by atoms with Crippen LogP contribution < -0.4 is 15.4 Å². The predicted molar refractivity (Wildman–Crippen MR) is 85.7 cm³/mol. The highest BCUT2D eigenvalue weighted by atomic mass is 16.5. The highest BCUT2D eigenvalue weighted by Gasteiger charge is 2.39. The third kappa shape index (κ3) is 3.76. The van der Waals surface area contributed by atoms with Crippen LogP contribution in [0.2, 0.25) is 0 Å². The quantitative estimate of drug-likeness (QED) is 0.845. The van der Waals surface area contributed by atoms with Crippen molar-refractivity contribution in [3.8, 4) is 5.75 Å². The van der Waals surface area contributed by atoms with E-state index in [0.717, 1.165) is 43.7 Å². The van der Waals surface area contributed by atoms with E-state index in [0.29, 0.717) is 0 Å². The summed E-state index contributed by atoms with van der Waals surface area (Å²) in [7, 11) is 0. The van der Waals surface area contributed by atoms with Gasteiger partial charge < -0.3 is 15.4 Å². The second-order valence-electron chi connectivity index (χ2n) is 5.78. The zero-order valence-corrected chi connectivity index (χ0v) is 13.2. The van der Waals surface area contributed by atoms with Crippen LogP contribution in [0.3, 0.4) is 0 Å². The van der Waals surface area contributed by atoms with E-state index >= 15 is 0 Å². The monoisotopic (exact) mass is 290 g/mol. The van der Waals surface area contributed by atoms with Crippen molar-refractivity contribution in [1.82, 2.24) is 5.32 Å². The lowest BCUT2D eigenvalue weighted by Gasteiger charge is -2.26. The fourth-order valence-corrected chi connectivity index (χ4v) is 2.68. The Bertz CT molecular complexity index is 481. The average Bonchev–Trinajstić information content (AvgIpc) is 2.97. The second-order valence-corrected chi connectivity index (χ2v) is 5.78. The standard InChI is InChI=1S/C17H26N2O2/c1-4-13(3)21-15-9-6-8-14(12-15)19-16(20)17(5-2)10-7-11-18-17/h6,8-9,12-13,18H,4-5,7,10-11H2,1-3H3,(H,19,20). The fourth-order valence-electron chi connectivity index (χ4n) is 2.68. The lowest BCUT2D eigenvalue weighted by Crippen LogP contribution is -2.50. The van der Waals surface area contributed by atoms with Crippen LogP contribution in [-0.4, -0.2) is 24.1 Å². The van der Waals surface area contributed by atoms with E-state index in [1.807, 2.05) is 31.2 Å². The molecule has 0 aromatic heterocycles. The molecule has 2 unspecified atom stereocenters. The van der Waals surface area contributed by atoms with Gasteiger partial charge in [-0.15, -0.1) is 0 Å². The summed E-state index contributed by atoms with van der Waals surface area (Å²) < 4.78 is 5.80. The lowest BCUT2D eigenvalue weighted by molar-refractivity contribution is -0.122. The highest BCUT2D eigenvalue weighted by Crippen LogP contribution is 2.26. The van der Waals surface area contributed by atoms with Crippen LogP contribution in [0.25, 0.3) is 0 Å². The van der Waals surface area contributed by atoms with Gasteiger partial charge in [0.15, 0.2) is 0 Å². The van der Waals surface area contributed by atoms with Crippen LogP contribution in [0.1, 0.15) is 46.5 Å². The minimum absolute atomic E-state index is 0.0585. The van der Waals surface area contributed by atoms with Crippen LogP contribution in [0.15, 0.2) is 24.3 Å². The fraction of sp³-hybridized carbons (Fsp3) is 0.588. The molecule has 116 valence electrons. The van der Waals surface area contributed by atoms with Crippen LogP contribution >= 0.6 is 0 Å². The van der Waals surface area contributed by atoms with Crippen molar-refractivity contribution in [2.45, 2.75) is 58.1 Å². The summed E-state index contributed by atoms with van der Waals surface area (Å²) in [5.74, 6) is 0.857. The van der Waals surface area contributed by atoms with Gasteiger partial charge in [0.1, 0.15) is 5.75 Å². The summed E-state index contributed by atoms with van der Waals surface area (Å²) in [6.07, 6.45) is 3.90. The number of carbonyl (C=O) groups is 1. The molecule has 2 rings (SSSR count). The Morgan fingerprint density at radius 2 is 2.29 bits per heavy atom. The molecule has 1 aliphatic heterocycles. The molecular weight excluding hydrogens is 264 g/mol. The molecule has 2 atom stereocenters. The molecule has 0 radical (unpaired) electrons. The summed E-state index contributed by atoms with van der Waals surface area (Å²) in [6.45, 7) is 7.10. The van der Waals surface area contributed by atoms with Gasteiger partial charge in [0, 0.05) is 11.8 Å². The first-order chi connectivity index (χ1) is 10.1. The Morgan fingerprint density at radius 3 is 2.90 bits per heavy atom. The summed E-state index contributed by atoms with van der Waals surface area (Å²) >= 11 is 0. The Morgan fingerprint density at radius 1 is 1.48 bits per heavy atom. The molecule has 4 heteroatoms. The van der Waals surface area contributed by atoms with Crippen LogP contribution in [-0.2, 0) is 4.79 Å². The molecule has 1 heterocycles. The van der Waals surface area contributed by atoms with Gasteiger partial charge >= 0.3 is 0 Å². The number of rotatable bonds is 6. The van der Waals surface area contributed by atoms with Crippen LogP contribution in [0.4, 0.5) is 5.69 Å². The van der Waals surface area contributed by atoms with E-state index in [4.69, 9.17) is 4.74 Å². The van der Waals surface area contributed by atoms with Gasteiger partial charge in [0.25, 0.3) is 0 Å². The van der Waals surface area contributed by atoms with E-state index in [-0.39, 0.29) is 12.0 Å². The van der Waals surface area contributed by atoms with Gasteiger partial charge in [-0.3, -0.25) is 4.79 Å². The molecule has 0 aliphatic carbocycles. The zero-order chi connectivity index (χ0) is 15.3. The van der Waals surface area contributed by atoms with Crippen LogP contribution in [0, 0.1) is 0 Å². The predicted octanol–water partition coefficient (Wildman–Crippen LogP) is 3.33. The summed E-state index contributed by atoms with van der Waals surface area (Å²) in [4.78, 5) is 12.5. The van der Waals surface area contributed by atoms with Crippen molar-refractivity contribution in [2.24, 2.45) is 0 Å². The van der Waals surface area contributed by atoms with Crippen molar-refractivity contribution < 1.29 is 9.53 Å². The largest absolute Gasteiger partial charge is 0.491 e. The van der Waals surface area contributed by atoms with Crippen molar-refractivity contribution >= 4 is 11.6 Å². The lowest BCUT2D eigenvalue weighted by atomic mass is 9.93. The van der Waals surface area contributed by atoms with Crippen molar-refractivity contribution in [2.75, 3.05) is 11.9 Å². The Balaban J connectivity index is 2.05. The molecule has 1 aromatic rings. The SMILES string of the molecule is CCC(C)Oc1cccc(NC(=O)C2(CC)CCCN2)c1. The number of hydrogen-bond donors (Lipinski definition) is 2.